The van der Waals surface area contributed by atoms with Gasteiger partial charge in [-0.05, 0) is 18.2 Å². The minimum atomic E-state index is -0.511. The summed E-state index contributed by atoms with van der Waals surface area (Å²) in [7, 11) is 0. The van der Waals surface area contributed by atoms with Gasteiger partial charge in [0.05, 0.1) is 16.1 Å². The molecule has 8 heteroatoms. The molecule has 0 fully saturated rings. The minimum absolute atomic E-state index is 0.106. The summed E-state index contributed by atoms with van der Waals surface area (Å²) < 4.78 is 0. The maximum Gasteiger partial charge on any atom is 0.270 e. The Balaban J connectivity index is 2.13. The molecule has 0 saturated heterocycles. The van der Waals surface area contributed by atoms with Gasteiger partial charge in [0.1, 0.15) is 0 Å². The van der Waals surface area contributed by atoms with Gasteiger partial charge in [0.2, 0.25) is 0 Å². The van der Waals surface area contributed by atoms with Crippen LogP contribution >= 0.6 is 11.8 Å². The molecule has 0 aliphatic carbocycles. The lowest BCUT2D eigenvalue weighted by molar-refractivity contribution is -0.385. The Labute approximate surface area is 141 Å². The fraction of sp³-hybridized carbons (Fsp3) is 0.125. The summed E-state index contributed by atoms with van der Waals surface area (Å²) in [5.41, 5.74) is 0.704. The number of nitro benzene ring substituents is 1. The summed E-state index contributed by atoms with van der Waals surface area (Å²) in [6.45, 7) is 0.569. The van der Waals surface area contributed by atoms with Gasteiger partial charge in [0, 0.05) is 35.0 Å². The van der Waals surface area contributed by atoms with Gasteiger partial charge in [-0.15, -0.1) is 0 Å². The van der Waals surface area contributed by atoms with E-state index >= 15 is 0 Å². The van der Waals surface area contributed by atoms with E-state index < -0.39 is 4.92 Å². The minimum Gasteiger partial charge on any atom is -0.350 e. The van der Waals surface area contributed by atoms with E-state index in [4.69, 9.17) is 0 Å². The molecule has 0 unspecified atom stereocenters. The van der Waals surface area contributed by atoms with Crippen molar-refractivity contribution in [1.82, 2.24) is 10.6 Å². The number of carbonyl (C=O) groups excluding carboxylic acids is 2. The lowest BCUT2D eigenvalue weighted by Crippen LogP contribution is -2.34. The highest BCUT2D eigenvalue weighted by atomic mass is 32.2. The van der Waals surface area contributed by atoms with Gasteiger partial charge in [-0.2, -0.15) is 0 Å². The number of hydrogen-bond donors (Lipinski definition) is 2. The van der Waals surface area contributed by atoms with E-state index in [2.05, 4.69) is 10.6 Å². The molecule has 3 rings (SSSR count). The number of amides is 2. The Morgan fingerprint density at radius 2 is 1.54 bits per heavy atom. The lowest BCUT2D eigenvalue weighted by atomic mass is 10.2. The van der Waals surface area contributed by atoms with Crippen molar-refractivity contribution in [1.29, 1.82) is 0 Å². The third kappa shape index (κ3) is 3.23. The van der Waals surface area contributed by atoms with Crippen LogP contribution in [0.4, 0.5) is 5.69 Å². The Morgan fingerprint density at radius 1 is 0.917 bits per heavy atom. The molecule has 122 valence electrons. The Kier molecular flexibility index (Phi) is 4.48. The summed E-state index contributed by atoms with van der Waals surface area (Å²) in [5, 5.41) is 16.5. The van der Waals surface area contributed by atoms with Crippen LogP contribution in [0, 0.1) is 10.1 Å². The van der Waals surface area contributed by atoms with Crippen LogP contribution in [0.1, 0.15) is 20.7 Å². The second-order valence-electron chi connectivity index (χ2n) is 5.05. The fourth-order valence-corrected chi connectivity index (χ4v) is 3.41. The molecule has 2 aromatic rings. The predicted molar refractivity (Wildman–Crippen MR) is 88.3 cm³/mol. The van der Waals surface area contributed by atoms with Crippen LogP contribution in [-0.4, -0.2) is 29.8 Å². The molecule has 1 aliphatic rings. The van der Waals surface area contributed by atoms with Gasteiger partial charge in [0.15, 0.2) is 0 Å². The van der Waals surface area contributed by atoms with Gasteiger partial charge < -0.3 is 10.6 Å². The predicted octanol–water partition coefficient (Wildman–Crippen LogP) is 2.22. The first kappa shape index (κ1) is 16.0. The number of carbonyl (C=O) groups is 2. The van der Waals surface area contributed by atoms with Crippen LogP contribution in [0.15, 0.2) is 52.3 Å². The quantitative estimate of drug-likeness (QED) is 0.611. The van der Waals surface area contributed by atoms with Crippen LogP contribution in [0.3, 0.4) is 0 Å². The van der Waals surface area contributed by atoms with E-state index in [1.807, 2.05) is 0 Å². The zero-order valence-electron chi connectivity index (χ0n) is 12.4. The van der Waals surface area contributed by atoms with Gasteiger partial charge in [-0.1, -0.05) is 23.9 Å². The molecule has 0 bridgehead atoms. The number of nitrogens with zero attached hydrogens (tertiary/aromatic N) is 1. The highest BCUT2D eigenvalue weighted by Gasteiger charge is 2.20. The number of nitro groups is 1. The molecule has 0 aromatic heterocycles. The number of rotatable bonds is 1. The highest BCUT2D eigenvalue weighted by molar-refractivity contribution is 7.99. The average molecular weight is 343 g/mol. The molecular weight excluding hydrogens is 330 g/mol. The van der Waals surface area contributed by atoms with Crippen molar-refractivity contribution in [2.24, 2.45) is 0 Å². The molecule has 1 heterocycles. The van der Waals surface area contributed by atoms with E-state index in [1.54, 1.807) is 24.3 Å². The van der Waals surface area contributed by atoms with Crippen LogP contribution in [0.2, 0.25) is 0 Å². The number of non-ortho nitro benzene ring substituents is 1. The van der Waals surface area contributed by atoms with Crippen LogP contribution in [0.5, 0.6) is 0 Å². The zero-order valence-corrected chi connectivity index (χ0v) is 13.3. The number of benzene rings is 2. The summed E-state index contributed by atoms with van der Waals surface area (Å²) >= 11 is 1.16. The first-order valence-electron chi connectivity index (χ1n) is 7.18. The topological polar surface area (TPSA) is 101 Å². The first-order chi connectivity index (χ1) is 11.6. The summed E-state index contributed by atoms with van der Waals surface area (Å²) in [6, 6.07) is 11.0. The SMILES string of the molecule is O=C1NCCNC(=O)c2ccc([N+](=O)[O-])cc2Sc2ccccc21. The van der Waals surface area contributed by atoms with E-state index in [0.717, 1.165) is 11.8 Å². The molecule has 0 saturated carbocycles. The van der Waals surface area contributed by atoms with E-state index in [0.29, 0.717) is 27.5 Å². The maximum atomic E-state index is 12.3. The standard InChI is InChI=1S/C16H13N3O4S/c20-15-11-3-1-2-4-13(11)24-14-9-10(19(22)23)5-6-12(14)16(21)18-8-7-17-15/h1-6,9H,7-8H2,(H,17,20)(H,18,21). The molecule has 2 amide bonds. The average Bonchev–Trinajstić information content (AvgIpc) is 2.60. The van der Waals surface area contributed by atoms with Crippen molar-refractivity contribution in [3.05, 3.63) is 63.7 Å². The Hall–Kier alpha value is -2.87. The summed E-state index contributed by atoms with van der Waals surface area (Å²) in [6.07, 6.45) is 0. The maximum absolute atomic E-state index is 12.3. The molecule has 7 nitrogen and oxygen atoms in total. The molecule has 1 aliphatic heterocycles. The summed E-state index contributed by atoms with van der Waals surface area (Å²) in [4.78, 5) is 36.1. The third-order valence-electron chi connectivity index (χ3n) is 3.47. The van der Waals surface area contributed by atoms with Crippen molar-refractivity contribution < 1.29 is 14.5 Å². The van der Waals surface area contributed by atoms with E-state index in [-0.39, 0.29) is 24.0 Å². The monoisotopic (exact) mass is 343 g/mol. The second kappa shape index (κ2) is 6.71. The molecule has 0 spiro atoms. The summed E-state index contributed by atoms with van der Waals surface area (Å²) in [5.74, 6) is -0.581. The third-order valence-corrected chi connectivity index (χ3v) is 4.60. The Morgan fingerprint density at radius 3 is 2.21 bits per heavy atom. The Bertz CT molecular complexity index is 838. The number of hydrogen-bond acceptors (Lipinski definition) is 5. The van der Waals surface area contributed by atoms with Gasteiger partial charge in [-0.25, -0.2) is 0 Å². The fourth-order valence-electron chi connectivity index (χ4n) is 2.30. The molecule has 0 radical (unpaired) electrons. The van der Waals surface area contributed by atoms with Crippen molar-refractivity contribution in [2.75, 3.05) is 13.1 Å². The molecular formula is C16H13N3O4S. The van der Waals surface area contributed by atoms with E-state index in [9.17, 15) is 19.7 Å². The van der Waals surface area contributed by atoms with Crippen LogP contribution in [0.25, 0.3) is 0 Å². The highest BCUT2D eigenvalue weighted by Crippen LogP contribution is 2.35. The van der Waals surface area contributed by atoms with Gasteiger partial charge >= 0.3 is 0 Å². The van der Waals surface area contributed by atoms with Crippen molar-refractivity contribution in [3.63, 3.8) is 0 Å². The van der Waals surface area contributed by atoms with Crippen LogP contribution in [-0.2, 0) is 0 Å². The van der Waals surface area contributed by atoms with E-state index in [1.165, 1.54) is 18.2 Å². The molecule has 0 atom stereocenters. The largest absolute Gasteiger partial charge is 0.350 e. The first-order valence-corrected chi connectivity index (χ1v) is 7.99. The van der Waals surface area contributed by atoms with Crippen molar-refractivity contribution >= 4 is 29.3 Å². The second-order valence-corrected chi connectivity index (χ2v) is 6.13. The number of fused-ring (bicyclic) bond motifs is 2. The van der Waals surface area contributed by atoms with Gasteiger partial charge in [-0.3, -0.25) is 19.7 Å². The lowest BCUT2D eigenvalue weighted by Gasteiger charge is -2.10. The van der Waals surface area contributed by atoms with Crippen molar-refractivity contribution in [3.8, 4) is 0 Å². The normalized spacial score (nSPS) is 14.5. The van der Waals surface area contributed by atoms with Crippen molar-refractivity contribution in [2.45, 2.75) is 9.79 Å². The van der Waals surface area contributed by atoms with Gasteiger partial charge in [0.25, 0.3) is 17.5 Å². The zero-order chi connectivity index (χ0) is 17.1. The van der Waals surface area contributed by atoms with Crippen LogP contribution < -0.4 is 10.6 Å². The molecule has 24 heavy (non-hydrogen) atoms. The number of nitrogens with one attached hydrogen (secondary N) is 2. The molecule has 2 aromatic carbocycles. The molecule has 2 N–H and O–H groups in total. The smallest absolute Gasteiger partial charge is 0.270 e.